The Bertz CT molecular complexity index is 438. The largest absolute Gasteiger partial charge is 0.495 e. The number of carbonyl (C=O) groups is 1. The molecule has 3 nitrogen and oxygen atoms in total. The van der Waals surface area contributed by atoms with E-state index in [9.17, 15) is 4.79 Å². The number of ketones is 1. The van der Waals surface area contributed by atoms with Crippen LogP contribution in [0.2, 0.25) is 0 Å². The number of hydrogen-bond acceptors (Lipinski definition) is 3. The lowest BCUT2D eigenvalue weighted by molar-refractivity contribution is -0.116. The molecule has 0 heterocycles. The van der Waals surface area contributed by atoms with Crippen molar-refractivity contribution in [2.75, 3.05) is 12.4 Å². The quantitative estimate of drug-likeness (QED) is 0.812. The molecule has 17 heavy (non-hydrogen) atoms. The number of Topliss-reactive ketones (excluding diaryl/α,β-unsaturated/α-hetero) is 1. The van der Waals surface area contributed by atoms with Crippen LogP contribution in [0.3, 0.4) is 0 Å². The maximum absolute atomic E-state index is 11.6. The molecule has 3 heteroatoms. The molecule has 90 valence electrons. The minimum atomic E-state index is 0.263. The first-order valence-electron chi connectivity index (χ1n) is 5.93. The monoisotopic (exact) mass is 231 g/mol. The molecule has 1 aromatic carbocycles. The van der Waals surface area contributed by atoms with E-state index in [0.29, 0.717) is 6.42 Å². The van der Waals surface area contributed by atoms with Crippen molar-refractivity contribution >= 4 is 11.5 Å². The molecule has 0 amide bonds. The first kappa shape index (κ1) is 11.7. The van der Waals surface area contributed by atoms with Crippen LogP contribution in [0.1, 0.15) is 25.7 Å². The molecule has 0 spiro atoms. The molecule has 1 aromatic rings. The van der Waals surface area contributed by atoms with Crippen LogP contribution in [0.25, 0.3) is 0 Å². The zero-order valence-corrected chi connectivity index (χ0v) is 10.0. The van der Waals surface area contributed by atoms with E-state index >= 15 is 0 Å². The van der Waals surface area contributed by atoms with Crippen LogP contribution in [0.15, 0.2) is 36.0 Å². The summed E-state index contributed by atoms with van der Waals surface area (Å²) in [6.45, 7) is 0. The van der Waals surface area contributed by atoms with Crippen molar-refractivity contribution in [3.05, 3.63) is 36.0 Å². The van der Waals surface area contributed by atoms with Crippen LogP contribution in [0, 0.1) is 0 Å². The Kier molecular flexibility index (Phi) is 3.81. The summed E-state index contributed by atoms with van der Waals surface area (Å²) in [5.41, 5.74) is 1.78. The number of carbonyl (C=O) groups excluding carboxylic acids is 1. The number of para-hydroxylation sites is 2. The summed E-state index contributed by atoms with van der Waals surface area (Å²) in [7, 11) is 1.64. The Morgan fingerprint density at radius 2 is 2.00 bits per heavy atom. The van der Waals surface area contributed by atoms with Gasteiger partial charge in [0.25, 0.3) is 0 Å². The summed E-state index contributed by atoms with van der Waals surface area (Å²) in [6, 6.07) is 7.68. The number of rotatable bonds is 3. The second-order valence-electron chi connectivity index (χ2n) is 4.14. The van der Waals surface area contributed by atoms with Gasteiger partial charge in [0, 0.05) is 18.2 Å². The van der Waals surface area contributed by atoms with E-state index in [-0.39, 0.29) is 5.78 Å². The molecule has 1 N–H and O–H groups in total. The van der Waals surface area contributed by atoms with Crippen LogP contribution in [-0.4, -0.2) is 12.9 Å². The smallest absolute Gasteiger partial charge is 0.160 e. The fourth-order valence-electron chi connectivity index (χ4n) is 1.98. The molecular formula is C14H17NO2. The van der Waals surface area contributed by atoms with Crippen LogP contribution >= 0.6 is 0 Å². The summed E-state index contributed by atoms with van der Waals surface area (Å²) in [6.07, 6.45) is 5.50. The van der Waals surface area contributed by atoms with Gasteiger partial charge < -0.3 is 10.1 Å². The van der Waals surface area contributed by atoms with Crippen molar-refractivity contribution in [2.45, 2.75) is 25.7 Å². The normalized spacial score (nSPS) is 18.2. The Balaban J connectivity index is 2.10. The van der Waals surface area contributed by atoms with Gasteiger partial charge in [-0.2, -0.15) is 0 Å². The Morgan fingerprint density at radius 3 is 2.76 bits per heavy atom. The number of allylic oxidation sites excluding steroid dienone is 1. The third-order valence-corrected chi connectivity index (χ3v) is 2.97. The zero-order valence-electron chi connectivity index (χ0n) is 10.0. The summed E-state index contributed by atoms with van der Waals surface area (Å²) >= 11 is 0. The fraction of sp³-hybridized carbons (Fsp3) is 0.357. The molecule has 1 aliphatic rings. The van der Waals surface area contributed by atoms with Gasteiger partial charge in [0.1, 0.15) is 5.75 Å². The van der Waals surface area contributed by atoms with Crippen molar-refractivity contribution in [1.82, 2.24) is 0 Å². The molecule has 1 fully saturated rings. The predicted molar refractivity (Wildman–Crippen MR) is 68.2 cm³/mol. The number of ether oxygens (including phenoxy) is 1. The second kappa shape index (κ2) is 5.53. The molecule has 0 saturated heterocycles. The van der Waals surface area contributed by atoms with E-state index in [4.69, 9.17) is 4.74 Å². The fourth-order valence-corrected chi connectivity index (χ4v) is 1.98. The van der Waals surface area contributed by atoms with Gasteiger partial charge in [-0.15, -0.1) is 0 Å². The highest BCUT2D eigenvalue weighted by atomic mass is 16.5. The molecule has 0 aromatic heterocycles. The van der Waals surface area contributed by atoms with E-state index in [1.54, 1.807) is 7.11 Å². The van der Waals surface area contributed by atoms with Gasteiger partial charge in [-0.3, -0.25) is 4.79 Å². The molecular weight excluding hydrogens is 214 g/mol. The average Bonchev–Trinajstić information content (AvgIpc) is 2.38. The van der Waals surface area contributed by atoms with E-state index in [1.807, 2.05) is 30.5 Å². The summed E-state index contributed by atoms with van der Waals surface area (Å²) < 4.78 is 5.24. The number of benzene rings is 1. The molecule has 0 unspecified atom stereocenters. The topological polar surface area (TPSA) is 38.3 Å². The summed E-state index contributed by atoms with van der Waals surface area (Å²) in [4.78, 5) is 11.6. The minimum Gasteiger partial charge on any atom is -0.495 e. The molecule has 0 radical (unpaired) electrons. The van der Waals surface area contributed by atoms with Gasteiger partial charge >= 0.3 is 0 Å². The molecule has 1 aliphatic carbocycles. The second-order valence-corrected chi connectivity index (χ2v) is 4.14. The average molecular weight is 231 g/mol. The van der Waals surface area contributed by atoms with Gasteiger partial charge in [-0.1, -0.05) is 12.1 Å². The molecule has 0 aliphatic heterocycles. The van der Waals surface area contributed by atoms with E-state index < -0.39 is 0 Å². The molecule has 0 atom stereocenters. The highest BCUT2D eigenvalue weighted by molar-refractivity contribution is 5.96. The Hall–Kier alpha value is -1.77. The SMILES string of the molecule is COc1ccccc1N/C=C1\CCCCC1=O. The van der Waals surface area contributed by atoms with Crippen LogP contribution in [-0.2, 0) is 4.79 Å². The maximum atomic E-state index is 11.6. The van der Waals surface area contributed by atoms with E-state index in [1.165, 1.54) is 0 Å². The lowest BCUT2D eigenvalue weighted by Gasteiger charge is -2.13. The highest BCUT2D eigenvalue weighted by Gasteiger charge is 2.14. The first-order chi connectivity index (χ1) is 8.31. The summed E-state index contributed by atoms with van der Waals surface area (Å²) in [5, 5.41) is 3.16. The van der Waals surface area contributed by atoms with Crippen LogP contribution < -0.4 is 10.1 Å². The molecule has 0 bridgehead atoms. The van der Waals surface area contributed by atoms with Crippen molar-refractivity contribution in [3.8, 4) is 5.75 Å². The zero-order chi connectivity index (χ0) is 12.1. The van der Waals surface area contributed by atoms with Gasteiger partial charge in [0.05, 0.1) is 12.8 Å². The molecule has 2 rings (SSSR count). The van der Waals surface area contributed by atoms with E-state index in [2.05, 4.69) is 5.32 Å². The van der Waals surface area contributed by atoms with Crippen LogP contribution in [0.5, 0.6) is 5.75 Å². The lowest BCUT2D eigenvalue weighted by Crippen LogP contribution is -2.10. The van der Waals surface area contributed by atoms with Crippen molar-refractivity contribution in [1.29, 1.82) is 0 Å². The Morgan fingerprint density at radius 1 is 1.24 bits per heavy atom. The van der Waals surface area contributed by atoms with Crippen molar-refractivity contribution in [2.24, 2.45) is 0 Å². The van der Waals surface area contributed by atoms with E-state index in [0.717, 1.165) is 36.3 Å². The van der Waals surface area contributed by atoms with Crippen molar-refractivity contribution in [3.63, 3.8) is 0 Å². The van der Waals surface area contributed by atoms with Crippen molar-refractivity contribution < 1.29 is 9.53 Å². The first-order valence-corrected chi connectivity index (χ1v) is 5.93. The Labute approximate surface area is 101 Å². The third-order valence-electron chi connectivity index (χ3n) is 2.97. The van der Waals surface area contributed by atoms with Gasteiger partial charge in [0.2, 0.25) is 0 Å². The number of methoxy groups -OCH3 is 1. The van der Waals surface area contributed by atoms with Gasteiger partial charge in [-0.05, 0) is 31.4 Å². The number of nitrogens with one attached hydrogen (secondary N) is 1. The standard InChI is InChI=1S/C14H17NO2/c1-17-14-9-5-3-7-12(14)15-10-11-6-2-4-8-13(11)16/h3,5,7,9-10,15H,2,4,6,8H2,1H3/b11-10+. The van der Waals surface area contributed by atoms with Gasteiger partial charge in [-0.25, -0.2) is 0 Å². The highest BCUT2D eigenvalue weighted by Crippen LogP contribution is 2.25. The number of hydrogen-bond donors (Lipinski definition) is 1. The number of anilines is 1. The van der Waals surface area contributed by atoms with Gasteiger partial charge in [0.15, 0.2) is 5.78 Å². The minimum absolute atomic E-state index is 0.263. The lowest BCUT2D eigenvalue weighted by atomic mass is 9.94. The maximum Gasteiger partial charge on any atom is 0.160 e. The predicted octanol–water partition coefficient (Wildman–Crippen LogP) is 3.13. The third kappa shape index (κ3) is 2.87. The van der Waals surface area contributed by atoms with Crippen LogP contribution in [0.4, 0.5) is 5.69 Å². The molecule has 1 saturated carbocycles. The summed E-state index contributed by atoms with van der Waals surface area (Å²) in [5.74, 6) is 1.05.